The van der Waals surface area contributed by atoms with Crippen molar-refractivity contribution in [3.05, 3.63) is 41.4 Å². The van der Waals surface area contributed by atoms with E-state index in [1.165, 1.54) is 10.6 Å². The molecule has 1 fully saturated rings. The number of β-amino-alcohol motifs (C(OH)–C–C–N with tert-alkyl or cyclic N) is 1. The summed E-state index contributed by atoms with van der Waals surface area (Å²) in [6.07, 6.45) is 4.07. The number of hydrogen-bond acceptors (Lipinski definition) is 7. The fourth-order valence-electron chi connectivity index (χ4n) is 4.14. The summed E-state index contributed by atoms with van der Waals surface area (Å²) in [5, 5.41) is 24.3. The van der Waals surface area contributed by atoms with Gasteiger partial charge in [-0.3, -0.25) is 5.10 Å². The quantitative estimate of drug-likeness (QED) is 0.632. The summed E-state index contributed by atoms with van der Waals surface area (Å²) < 4.78 is 0. The molecule has 0 amide bonds. The van der Waals surface area contributed by atoms with E-state index in [1.54, 1.807) is 11.3 Å². The van der Waals surface area contributed by atoms with Crippen molar-refractivity contribution < 1.29 is 5.11 Å². The van der Waals surface area contributed by atoms with Crippen LogP contribution in [-0.2, 0) is 0 Å². The molecule has 7 nitrogen and oxygen atoms in total. The summed E-state index contributed by atoms with van der Waals surface area (Å²) in [4.78, 5) is 9.68. The molecular weight excluding hydrogens is 372 g/mol. The number of aliphatic imine (C=N–C) groups is 1. The largest absolute Gasteiger partial charge is 0.395 e. The topological polar surface area (TPSA) is 79.8 Å². The lowest BCUT2D eigenvalue weighted by atomic mass is 10.0. The zero-order valence-electron chi connectivity index (χ0n) is 15.6. The average Bonchev–Trinajstić information content (AvgIpc) is 3.38. The predicted molar refractivity (Wildman–Crippen MR) is 114 cm³/mol. The smallest absolute Gasteiger partial charge is 0.137 e. The number of fused-ring (bicyclic) bond motifs is 2. The van der Waals surface area contributed by atoms with E-state index >= 15 is 0 Å². The van der Waals surface area contributed by atoms with Crippen LogP contribution in [-0.4, -0.2) is 65.0 Å². The SMILES string of the molecule is OCCN1CCC(N2CN=C(Nc3ccc4cn[nH]c4c3)c3ccsc32)CC1. The van der Waals surface area contributed by atoms with Crippen LogP contribution < -0.4 is 10.2 Å². The molecule has 0 unspecified atom stereocenters. The Bertz CT molecular complexity index is 987. The van der Waals surface area contributed by atoms with Crippen molar-refractivity contribution in [2.75, 3.05) is 43.1 Å². The van der Waals surface area contributed by atoms with Crippen LogP contribution in [0.5, 0.6) is 0 Å². The van der Waals surface area contributed by atoms with Gasteiger partial charge >= 0.3 is 0 Å². The van der Waals surface area contributed by atoms with E-state index in [9.17, 15) is 0 Å². The highest BCUT2D eigenvalue weighted by Crippen LogP contribution is 2.35. The van der Waals surface area contributed by atoms with Gasteiger partial charge in [-0.2, -0.15) is 5.10 Å². The monoisotopic (exact) mass is 396 g/mol. The fraction of sp³-hybridized carbons (Fsp3) is 0.400. The van der Waals surface area contributed by atoms with Crippen molar-refractivity contribution in [2.24, 2.45) is 4.99 Å². The Morgan fingerprint density at radius 2 is 2.14 bits per heavy atom. The highest BCUT2D eigenvalue weighted by molar-refractivity contribution is 7.14. The number of likely N-dealkylation sites (tertiary alicyclic amines) is 1. The second kappa shape index (κ2) is 7.54. The highest BCUT2D eigenvalue weighted by Gasteiger charge is 2.30. The van der Waals surface area contributed by atoms with Gasteiger partial charge in [0.2, 0.25) is 0 Å². The first-order chi connectivity index (χ1) is 13.8. The molecule has 8 heteroatoms. The molecule has 2 aliphatic heterocycles. The van der Waals surface area contributed by atoms with Crippen LogP contribution in [0.15, 0.2) is 40.8 Å². The van der Waals surface area contributed by atoms with E-state index in [2.05, 4.69) is 55.0 Å². The van der Waals surface area contributed by atoms with E-state index in [4.69, 9.17) is 10.1 Å². The first-order valence-corrected chi connectivity index (χ1v) is 10.6. The Kier molecular flexibility index (Phi) is 4.76. The van der Waals surface area contributed by atoms with Crippen LogP contribution in [0.25, 0.3) is 10.9 Å². The van der Waals surface area contributed by atoms with Gasteiger partial charge in [-0.15, -0.1) is 11.3 Å². The summed E-state index contributed by atoms with van der Waals surface area (Å²) in [6, 6.07) is 8.87. The third-order valence-electron chi connectivity index (χ3n) is 5.66. The molecule has 0 bridgehead atoms. The van der Waals surface area contributed by atoms with Gasteiger partial charge in [0.1, 0.15) is 17.5 Å². The number of nitrogens with one attached hydrogen (secondary N) is 2. The average molecular weight is 397 g/mol. The molecule has 0 spiro atoms. The molecule has 3 aromatic rings. The number of hydrogen-bond donors (Lipinski definition) is 3. The maximum atomic E-state index is 9.15. The zero-order valence-corrected chi connectivity index (χ0v) is 16.5. The highest BCUT2D eigenvalue weighted by atomic mass is 32.1. The van der Waals surface area contributed by atoms with Gasteiger partial charge in [-0.1, -0.05) is 0 Å². The van der Waals surface area contributed by atoms with Gasteiger partial charge in [0, 0.05) is 36.7 Å². The van der Waals surface area contributed by atoms with Crippen LogP contribution in [0.2, 0.25) is 0 Å². The van der Waals surface area contributed by atoms with Gasteiger partial charge in [0.15, 0.2) is 0 Å². The predicted octanol–water partition coefficient (Wildman–Crippen LogP) is 2.72. The van der Waals surface area contributed by atoms with E-state index < -0.39 is 0 Å². The molecule has 0 radical (unpaired) electrons. The number of benzene rings is 1. The molecule has 2 aromatic heterocycles. The Labute approximate surface area is 167 Å². The number of aromatic amines is 1. The third-order valence-corrected chi connectivity index (χ3v) is 6.61. The van der Waals surface area contributed by atoms with Gasteiger partial charge in [-0.05, 0) is 42.5 Å². The zero-order chi connectivity index (χ0) is 18.9. The van der Waals surface area contributed by atoms with E-state index in [-0.39, 0.29) is 6.61 Å². The number of aromatic nitrogens is 2. The lowest BCUT2D eigenvalue weighted by Gasteiger charge is -2.40. The molecule has 4 heterocycles. The molecular formula is C20H24N6OS. The molecule has 146 valence electrons. The number of aliphatic hydroxyl groups is 1. The molecule has 5 rings (SSSR count). The van der Waals surface area contributed by atoms with E-state index in [1.807, 2.05) is 6.20 Å². The van der Waals surface area contributed by atoms with Crippen LogP contribution in [0.3, 0.4) is 0 Å². The first kappa shape index (κ1) is 17.7. The third kappa shape index (κ3) is 3.28. The van der Waals surface area contributed by atoms with Crippen molar-refractivity contribution >= 4 is 38.8 Å². The van der Waals surface area contributed by atoms with Gasteiger partial charge < -0.3 is 20.2 Å². The molecule has 0 atom stereocenters. The normalized spacial score (nSPS) is 18.3. The van der Waals surface area contributed by atoms with Crippen molar-refractivity contribution in [3.8, 4) is 0 Å². The van der Waals surface area contributed by atoms with E-state index in [0.29, 0.717) is 12.7 Å². The van der Waals surface area contributed by atoms with Crippen LogP contribution >= 0.6 is 11.3 Å². The molecule has 0 saturated carbocycles. The van der Waals surface area contributed by atoms with Crippen LogP contribution in [0.4, 0.5) is 10.7 Å². The summed E-state index contributed by atoms with van der Waals surface area (Å²) in [6.45, 7) is 3.80. The van der Waals surface area contributed by atoms with Crippen molar-refractivity contribution in [2.45, 2.75) is 18.9 Å². The summed E-state index contributed by atoms with van der Waals surface area (Å²) in [5.74, 6) is 0.934. The molecule has 1 saturated heterocycles. The maximum absolute atomic E-state index is 9.15. The standard InChI is InChI=1S/C20H24N6OS/c27-9-8-25-6-3-16(4-7-25)26-13-21-19(17-5-10-28-20(17)26)23-15-2-1-14-12-22-24-18(14)11-15/h1-2,5,10-12,16,27H,3-4,6-9,13H2,(H,21,23)(H,22,24). The summed E-state index contributed by atoms with van der Waals surface area (Å²) in [7, 11) is 0. The van der Waals surface area contributed by atoms with Gasteiger partial charge in [0.25, 0.3) is 0 Å². The lowest BCUT2D eigenvalue weighted by molar-refractivity contribution is 0.163. The maximum Gasteiger partial charge on any atom is 0.137 e. The first-order valence-electron chi connectivity index (χ1n) is 9.74. The molecule has 1 aromatic carbocycles. The van der Waals surface area contributed by atoms with Crippen LogP contribution in [0, 0.1) is 0 Å². The number of H-pyrrole nitrogens is 1. The molecule has 28 heavy (non-hydrogen) atoms. The summed E-state index contributed by atoms with van der Waals surface area (Å²) in [5.41, 5.74) is 3.21. The Hall–Kier alpha value is -2.42. The van der Waals surface area contributed by atoms with Crippen molar-refractivity contribution in [1.82, 2.24) is 15.1 Å². The Morgan fingerprint density at radius 1 is 1.25 bits per heavy atom. The number of piperidine rings is 1. The van der Waals surface area contributed by atoms with Gasteiger partial charge in [0.05, 0.1) is 23.9 Å². The molecule has 0 aliphatic carbocycles. The van der Waals surface area contributed by atoms with E-state index in [0.717, 1.165) is 54.9 Å². The number of amidine groups is 1. The minimum absolute atomic E-state index is 0.243. The number of rotatable bonds is 4. The lowest BCUT2D eigenvalue weighted by Crippen LogP contribution is -2.47. The van der Waals surface area contributed by atoms with Crippen LogP contribution in [0.1, 0.15) is 18.4 Å². The molecule has 3 N–H and O–H groups in total. The number of thiophene rings is 1. The van der Waals surface area contributed by atoms with Gasteiger partial charge in [-0.25, -0.2) is 4.99 Å². The summed E-state index contributed by atoms with van der Waals surface area (Å²) >= 11 is 1.79. The number of nitrogens with zero attached hydrogens (tertiary/aromatic N) is 4. The Morgan fingerprint density at radius 3 is 3.00 bits per heavy atom. The Balaban J connectivity index is 1.33. The minimum atomic E-state index is 0.243. The fourth-order valence-corrected chi connectivity index (χ4v) is 5.10. The number of anilines is 2. The molecule has 2 aliphatic rings. The van der Waals surface area contributed by atoms with Crippen molar-refractivity contribution in [1.29, 1.82) is 0 Å². The minimum Gasteiger partial charge on any atom is -0.395 e. The number of aliphatic hydroxyl groups excluding tert-OH is 1. The second-order valence-electron chi connectivity index (χ2n) is 7.35. The second-order valence-corrected chi connectivity index (χ2v) is 8.25. The van der Waals surface area contributed by atoms with Crippen molar-refractivity contribution in [3.63, 3.8) is 0 Å².